The van der Waals surface area contributed by atoms with E-state index in [2.05, 4.69) is 16.8 Å². The Labute approximate surface area is 156 Å². The van der Waals surface area contributed by atoms with Gasteiger partial charge < -0.3 is 10.2 Å². The van der Waals surface area contributed by atoms with Crippen molar-refractivity contribution in [3.8, 4) is 0 Å². The minimum absolute atomic E-state index is 0.00464. The van der Waals surface area contributed by atoms with Crippen LogP contribution in [0.1, 0.15) is 34.9 Å². The third kappa shape index (κ3) is 3.37. The fourth-order valence-electron chi connectivity index (χ4n) is 3.95. The zero-order valence-electron chi connectivity index (χ0n) is 14.7. The van der Waals surface area contributed by atoms with Crippen LogP contribution >= 0.6 is 11.3 Å². The molecule has 1 amide bonds. The van der Waals surface area contributed by atoms with Gasteiger partial charge in [0.05, 0.1) is 17.2 Å². The largest absolute Gasteiger partial charge is 0.321 e. The van der Waals surface area contributed by atoms with Gasteiger partial charge in [-0.05, 0) is 36.8 Å². The van der Waals surface area contributed by atoms with E-state index in [0.717, 1.165) is 18.5 Å². The van der Waals surface area contributed by atoms with Crippen molar-refractivity contribution < 1.29 is 14.6 Å². The monoisotopic (exact) mass is 372 g/mol. The van der Waals surface area contributed by atoms with Crippen molar-refractivity contribution >= 4 is 28.6 Å². The second kappa shape index (κ2) is 6.81. The number of fused-ring (bicyclic) bond motifs is 1. The van der Waals surface area contributed by atoms with Gasteiger partial charge in [0.1, 0.15) is 6.04 Å². The van der Waals surface area contributed by atoms with Crippen LogP contribution < -0.4 is 10.2 Å². The SMILES string of the molecule is Cc1ccc([N+](=O)[O-])cc1NC(=O)C[NH+]1CCc2sccc2[C@@H]1C1CC1. The standard InChI is InChI=1S/C19H21N3O3S/c1-12-2-5-14(22(24)25)10-16(12)20-18(23)11-21-8-6-17-15(7-9-26-17)19(21)13-3-4-13/h2,5,7,9-10,13,19H,3-4,6,8,11H2,1H3,(H,20,23)/p+1/t19-/m0/s1. The number of nitro groups is 1. The quantitative estimate of drug-likeness (QED) is 0.625. The Bertz CT molecular complexity index is 859. The molecular weight excluding hydrogens is 350 g/mol. The number of amides is 1. The predicted octanol–water partition coefficient (Wildman–Crippen LogP) is 2.50. The Kier molecular flexibility index (Phi) is 4.50. The molecule has 1 unspecified atom stereocenters. The molecule has 1 aromatic carbocycles. The molecule has 2 aliphatic rings. The molecule has 0 radical (unpaired) electrons. The molecule has 26 heavy (non-hydrogen) atoms. The highest BCUT2D eigenvalue weighted by molar-refractivity contribution is 7.10. The molecule has 1 aromatic heterocycles. The van der Waals surface area contributed by atoms with E-state index in [4.69, 9.17) is 0 Å². The third-order valence-electron chi connectivity index (χ3n) is 5.42. The number of thiophene rings is 1. The molecule has 136 valence electrons. The highest BCUT2D eigenvalue weighted by Crippen LogP contribution is 2.42. The Morgan fingerprint density at radius 2 is 2.19 bits per heavy atom. The lowest BCUT2D eigenvalue weighted by Gasteiger charge is -2.32. The molecule has 1 aliphatic carbocycles. The highest BCUT2D eigenvalue weighted by Gasteiger charge is 2.43. The van der Waals surface area contributed by atoms with Crippen LogP contribution in [0, 0.1) is 23.0 Å². The summed E-state index contributed by atoms with van der Waals surface area (Å²) in [5, 5.41) is 16.0. The van der Waals surface area contributed by atoms with Crippen LogP contribution in [0.15, 0.2) is 29.6 Å². The average Bonchev–Trinajstić information content (AvgIpc) is 3.32. The van der Waals surface area contributed by atoms with E-state index in [1.165, 1.54) is 40.3 Å². The number of hydrogen-bond acceptors (Lipinski definition) is 4. The lowest BCUT2D eigenvalue weighted by molar-refractivity contribution is -0.928. The number of anilines is 1. The Balaban J connectivity index is 1.48. The van der Waals surface area contributed by atoms with Crippen molar-refractivity contribution in [3.63, 3.8) is 0 Å². The maximum Gasteiger partial charge on any atom is 0.279 e. The molecule has 1 aliphatic heterocycles. The number of carbonyl (C=O) groups is 1. The van der Waals surface area contributed by atoms with Crippen LogP contribution in [-0.4, -0.2) is 23.9 Å². The van der Waals surface area contributed by atoms with Gasteiger partial charge in [-0.3, -0.25) is 14.9 Å². The number of benzene rings is 1. The van der Waals surface area contributed by atoms with Gasteiger partial charge in [-0.2, -0.15) is 0 Å². The van der Waals surface area contributed by atoms with E-state index >= 15 is 0 Å². The number of nitro benzene ring substituents is 1. The molecule has 7 heteroatoms. The number of non-ortho nitro benzene ring substituents is 1. The van der Waals surface area contributed by atoms with Gasteiger partial charge in [0, 0.05) is 34.9 Å². The van der Waals surface area contributed by atoms with E-state index < -0.39 is 4.92 Å². The first-order valence-electron chi connectivity index (χ1n) is 8.98. The molecule has 1 fully saturated rings. The summed E-state index contributed by atoms with van der Waals surface area (Å²) in [6, 6.07) is 7.22. The molecule has 6 nitrogen and oxygen atoms in total. The van der Waals surface area contributed by atoms with E-state index in [-0.39, 0.29) is 11.6 Å². The van der Waals surface area contributed by atoms with Crippen LogP contribution in [0.4, 0.5) is 11.4 Å². The number of nitrogens with zero attached hydrogens (tertiary/aromatic N) is 1. The highest BCUT2D eigenvalue weighted by atomic mass is 32.1. The first-order valence-corrected chi connectivity index (χ1v) is 9.86. The first-order chi connectivity index (χ1) is 12.5. The molecule has 0 spiro atoms. The zero-order valence-corrected chi connectivity index (χ0v) is 15.5. The van der Waals surface area contributed by atoms with Crippen molar-refractivity contribution in [3.05, 3.63) is 55.8 Å². The molecule has 1 saturated carbocycles. The van der Waals surface area contributed by atoms with E-state index in [0.29, 0.717) is 24.2 Å². The van der Waals surface area contributed by atoms with Crippen molar-refractivity contribution in [2.45, 2.75) is 32.2 Å². The maximum atomic E-state index is 12.7. The topological polar surface area (TPSA) is 76.7 Å². The summed E-state index contributed by atoms with van der Waals surface area (Å²) in [6.07, 6.45) is 3.51. The second-order valence-corrected chi connectivity index (χ2v) is 8.25. The molecular formula is C19H22N3O3S+. The van der Waals surface area contributed by atoms with Gasteiger partial charge in [-0.1, -0.05) is 6.07 Å². The lowest BCUT2D eigenvalue weighted by atomic mass is 9.96. The minimum atomic E-state index is -0.438. The van der Waals surface area contributed by atoms with Gasteiger partial charge in [0.15, 0.2) is 6.54 Å². The van der Waals surface area contributed by atoms with Crippen molar-refractivity contribution in [2.75, 3.05) is 18.4 Å². The summed E-state index contributed by atoms with van der Waals surface area (Å²) >= 11 is 1.83. The fourth-order valence-corrected chi connectivity index (χ4v) is 4.88. The molecule has 4 rings (SSSR count). The number of hydrogen-bond donors (Lipinski definition) is 2. The number of aryl methyl sites for hydroxylation is 1. The summed E-state index contributed by atoms with van der Waals surface area (Å²) in [7, 11) is 0. The average molecular weight is 372 g/mol. The number of quaternary nitrogens is 1. The van der Waals surface area contributed by atoms with Crippen LogP contribution in [0.3, 0.4) is 0 Å². The fraction of sp³-hybridized carbons (Fsp3) is 0.421. The Morgan fingerprint density at radius 1 is 1.38 bits per heavy atom. The molecule has 2 heterocycles. The number of carbonyl (C=O) groups excluding carboxylic acids is 1. The van der Waals surface area contributed by atoms with Crippen LogP contribution in [0.5, 0.6) is 0 Å². The smallest absolute Gasteiger partial charge is 0.279 e. The van der Waals surface area contributed by atoms with E-state index in [1.807, 2.05) is 18.3 Å². The Hall–Kier alpha value is -2.25. The predicted molar refractivity (Wildman–Crippen MR) is 101 cm³/mol. The molecule has 2 N–H and O–H groups in total. The van der Waals surface area contributed by atoms with Crippen molar-refractivity contribution in [1.82, 2.24) is 0 Å². The van der Waals surface area contributed by atoms with Crippen LogP contribution in [0.25, 0.3) is 0 Å². The van der Waals surface area contributed by atoms with Crippen LogP contribution in [-0.2, 0) is 11.2 Å². The molecule has 2 atom stereocenters. The molecule has 0 bridgehead atoms. The van der Waals surface area contributed by atoms with Gasteiger partial charge in [0.2, 0.25) is 0 Å². The van der Waals surface area contributed by atoms with Crippen LogP contribution in [0.2, 0.25) is 0 Å². The van der Waals surface area contributed by atoms with Gasteiger partial charge in [-0.15, -0.1) is 11.3 Å². The zero-order chi connectivity index (χ0) is 18.3. The summed E-state index contributed by atoms with van der Waals surface area (Å²) in [6.45, 7) is 3.21. The molecule has 0 saturated heterocycles. The van der Waals surface area contributed by atoms with Gasteiger partial charge >= 0.3 is 0 Å². The minimum Gasteiger partial charge on any atom is -0.321 e. The third-order valence-corrected chi connectivity index (χ3v) is 6.41. The van der Waals surface area contributed by atoms with Crippen molar-refractivity contribution in [1.29, 1.82) is 0 Å². The molecule has 2 aromatic rings. The van der Waals surface area contributed by atoms with E-state index in [9.17, 15) is 14.9 Å². The van der Waals surface area contributed by atoms with Gasteiger partial charge in [-0.25, -0.2) is 0 Å². The summed E-state index contributed by atoms with van der Waals surface area (Å²) in [5.41, 5.74) is 2.78. The summed E-state index contributed by atoms with van der Waals surface area (Å²) in [4.78, 5) is 26.0. The maximum absolute atomic E-state index is 12.7. The number of nitrogens with one attached hydrogen (secondary N) is 2. The normalized spacial score (nSPS) is 21.9. The first kappa shape index (κ1) is 17.2. The number of rotatable bonds is 5. The van der Waals surface area contributed by atoms with E-state index in [1.54, 1.807) is 6.07 Å². The second-order valence-electron chi connectivity index (χ2n) is 7.25. The summed E-state index contributed by atoms with van der Waals surface area (Å²) < 4.78 is 0. The van der Waals surface area contributed by atoms with Gasteiger partial charge in [0.25, 0.3) is 11.6 Å². The lowest BCUT2D eigenvalue weighted by Crippen LogP contribution is -3.14. The van der Waals surface area contributed by atoms with Crippen molar-refractivity contribution in [2.24, 2.45) is 5.92 Å². The summed E-state index contributed by atoms with van der Waals surface area (Å²) in [5.74, 6) is 0.610. The Morgan fingerprint density at radius 3 is 2.92 bits per heavy atom.